The Morgan fingerprint density at radius 1 is 1.06 bits per heavy atom. The van der Waals surface area contributed by atoms with Crippen molar-refractivity contribution in [2.75, 3.05) is 6.54 Å². The molecular formula is C14H14N2. The van der Waals surface area contributed by atoms with Crippen LogP contribution in [0.5, 0.6) is 0 Å². The molecule has 0 unspecified atom stereocenters. The lowest BCUT2D eigenvalue weighted by Crippen LogP contribution is -2.24. The molecule has 0 atom stereocenters. The Hall–Kier alpha value is -1.67. The molecule has 0 aliphatic carbocycles. The van der Waals surface area contributed by atoms with Gasteiger partial charge in [0.15, 0.2) is 0 Å². The Kier molecular flexibility index (Phi) is 2.43. The van der Waals surface area contributed by atoms with Crippen LogP contribution in [0.4, 0.5) is 0 Å². The minimum atomic E-state index is 0.982. The molecule has 0 amide bonds. The number of hydrogen-bond acceptors (Lipinski definition) is 2. The summed E-state index contributed by atoms with van der Waals surface area (Å²) in [6.45, 7) is 2.05. The third-order valence-corrected chi connectivity index (χ3v) is 3.08. The molecule has 3 rings (SSSR count). The van der Waals surface area contributed by atoms with Gasteiger partial charge in [-0.15, -0.1) is 0 Å². The molecule has 2 aromatic rings. The zero-order valence-electron chi connectivity index (χ0n) is 9.11. The van der Waals surface area contributed by atoms with E-state index in [4.69, 9.17) is 0 Å². The summed E-state index contributed by atoms with van der Waals surface area (Å²) in [5, 5.41) is 3.40. The third kappa shape index (κ3) is 1.61. The molecule has 1 aromatic carbocycles. The van der Waals surface area contributed by atoms with Crippen molar-refractivity contribution in [1.82, 2.24) is 10.3 Å². The van der Waals surface area contributed by atoms with E-state index in [-0.39, 0.29) is 0 Å². The van der Waals surface area contributed by atoms with Gasteiger partial charge in [0.25, 0.3) is 0 Å². The van der Waals surface area contributed by atoms with Gasteiger partial charge < -0.3 is 5.32 Å². The summed E-state index contributed by atoms with van der Waals surface area (Å²) in [6, 6.07) is 12.6. The summed E-state index contributed by atoms with van der Waals surface area (Å²) in [5.74, 6) is 0. The number of fused-ring (bicyclic) bond motifs is 1. The van der Waals surface area contributed by atoms with Gasteiger partial charge in [0.2, 0.25) is 0 Å². The van der Waals surface area contributed by atoms with E-state index >= 15 is 0 Å². The van der Waals surface area contributed by atoms with E-state index in [1.54, 1.807) is 0 Å². The topological polar surface area (TPSA) is 24.9 Å². The number of aromatic nitrogens is 1. The fourth-order valence-corrected chi connectivity index (χ4v) is 2.29. The normalized spacial score (nSPS) is 14.5. The SMILES string of the molecule is c1ccc(-c2cccc3c2CCNC3)nc1. The second-order valence-corrected chi connectivity index (χ2v) is 4.09. The predicted molar refractivity (Wildman–Crippen MR) is 65.1 cm³/mol. The Morgan fingerprint density at radius 2 is 2.06 bits per heavy atom. The summed E-state index contributed by atoms with van der Waals surface area (Å²) < 4.78 is 0. The zero-order chi connectivity index (χ0) is 10.8. The number of nitrogens with one attached hydrogen (secondary N) is 1. The molecule has 1 aromatic heterocycles. The highest BCUT2D eigenvalue weighted by Gasteiger charge is 2.13. The first-order valence-corrected chi connectivity index (χ1v) is 5.68. The Labute approximate surface area is 95.3 Å². The van der Waals surface area contributed by atoms with Gasteiger partial charge in [-0.1, -0.05) is 24.3 Å². The highest BCUT2D eigenvalue weighted by molar-refractivity contribution is 5.65. The van der Waals surface area contributed by atoms with Gasteiger partial charge in [-0.25, -0.2) is 0 Å². The average molecular weight is 210 g/mol. The standard InChI is InChI=1S/C14H14N2/c1-2-8-16-14(6-1)13-5-3-4-11-10-15-9-7-12(11)13/h1-6,8,15H,7,9-10H2. The molecule has 16 heavy (non-hydrogen) atoms. The maximum atomic E-state index is 4.44. The van der Waals surface area contributed by atoms with Crippen LogP contribution in [0.1, 0.15) is 11.1 Å². The Balaban J connectivity index is 2.14. The van der Waals surface area contributed by atoms with Crippen molar-refractivity contribution in [3.8, 4) is 11.3 Å². The minimum Gasteiger partial charge on any atom is -0.312 e. The van der Waals surface area contributed by atoms with E-state index < -0.39 is 0 Å². The van der Waals surface area contributed by atoms with Gasteiger partial charge in [-0.05, 0) is 36.2 Å². The minimum absolute atomic E-state index is 0.982. The van der Waals surface area contributed by atoms with E-state index in [0.29, 0.717) is 0 Å². The molecule has 2 heterocycles. The second kappa shape index (κ2) is 4.06. The van der Waals surface area contributed by atoms with Gasteiger partial charge in [0.1, 0.15) is 0 Å². The molecule has 1 aliphatic heterocycles. The van der Waals surface area contributed by atoms with E-state index in [0.717, 1.165) is 25.2 Å². The van der Waals surface area contributed by atoms with Gasteiger partial charge in [-0.3, -0.25) is 4.98 Å². The average Bonchev–Trinajstić information content (AvgIpc) is 2.39. The van der Waals surface area contributed by atoms with Crippen LogP contribution in [-0.2, 0) is 13.0 Å². The largest absolute Gasteiger partial charge is 0.312 e. The summed E-state index contributed by atoms with van der Waals surface area (Å²) >= 11 is 0. The van der Waals surface area contributed by atoms with Crippen molar-refractivity contribution in [3.05, 3.63) is 53.7 Å². The number of rotatable bonds is 1. The lowest BCUT2D eigenvalue weighted by molar-refractivity contribution is 0.644. The summed E-state index contributed by atoms with van der Waals surface area (Å²) in [5.41, 5.74) is 5.25. The van der Waals surface area contributed by atoms with Crippen LogP contribution in [0.25, 0.3) is 11.3 Å². The van der Waals surface area contributed by atoms with Crippen LogP contribution < -0.4 is 5.32 Å². The lowest BCUT2D eigenvalue weighted by atomic mass is 9.93. The number of pyridine rings is 1. The zero-order valence-corrected chi connectivity index (χ0v) is 9.11. The first-order valence-electron chi connectivity index (χ1n) is 5.68. The van der Waals surface area contributed by atoms with E-state index in [1.807, 2.05) is 18.3 Å². The number of hydrogen-bond donors (Lipinski definition) is 1. The summed E-state index contributed by atoms with van der Waals surface area (Å²) in [6.07, 6.45) is 2.96. The van der Waals surface area contributed by atoms with Crippen molar-refractivity contribution in [3.63, 3.8) is 0 Å². The van der Waals surface area contributed by atoms with Gasteiger partial charge in [0.05, 0.1) is 5.69 Å². The number of nitrogens with zero attached hydrogens (tertiary/aromatic N) is 1. The van der Waals surface area contributed by atoms with E-state index in [1.165, 1.54) is 16.7 Å². The maximum Gasteiger partial charge on any atom is 0.0704 e. The predicted octanol–water partition coefficient (Wildman–Crippen LogP) is 2.39. The smallest absolute Gasteiger partial charge is 0.0704 e. The van der Waals surface area contributed by atoms with Crippen LogP contribution >= 0.6 is 0 Å². The fraction of sp³-hybridized carbons (Fsp3) is 0.214. The Bertz CT molecular complexity index is 491. The Morgan fingerprint density at radius 3 is 2.94 bits per heavy atom. The van der Waals surface area contributed by atoms with E-state index in [2.05, 4.69) is 34.6 Å². The molecule has 1 aliphatic rings. The molecule has 1 N–H and O–H groups in total. The van der Waals surface area contributed by atoms with Crippen molar-refractivity contribution in [2.45, 2.75) is 13.0 Å². The first-order chi connectivity index (χ1) is 7.95. The van der Waals surface area contributed by atoms with Crippen LogP contribution in [-0.4, -0.2) is 11.5 Å². The molecule has 0 saturated carbocycles. The lowest BCUT2D eigenvalue weighted by Gasteiger charge is -2.19. The monoisotopic (exact) mass is 210 g/mol. The van der Waals surface area contributed by atoms with Gasteiger partial charge in [-0.2, -0.15) is 0 Å². The summed E-state index contributed by atoms with van der Waals surface area (Å²) in [7, 11) is 0. The molecule has 0 radical (unpaired) electrons. The van der Waals surface area contributed by atoms with Crippen molar-refractivity contribution in [2.24, 2.45) is 0 Å². The highest BCUT2D eigenvalue weighted by atomic mass is 14.9. The quantitative estimate of drug-likeness (QED) is 0.781. The molecule has 0 spiro atoms. The van der Waals surface area contributed by atoms with Crippen LogP contribution in [0, 0.1) is 0 Å². The van der Waals surface area contributed by atoms with Crippen LogP contribution in [0.2, 0.25) is 0 Å². The highest BCUT2D eigenvalue weighted by Crippen LogP contribution is 2.26. The van der Waals surface area contributed by atoms with Gasteiger partial charge in [0, 0.05) is 18.3 Å². The summed E-state index contributed by atoms with van der Waals surface area (Å²) in [4.78, 5) is 4.44. The van der Waals surface area contributed by atoms with E-state index in [9.17, 15) is 0 Å². The van der Waals surface area contributed by atoms with Crippen molar-refractivity contribution >= 4 is 0 Å². The van der Waals surface area contributed by atoms with Crippen molar-refractivity contribution in [1.29, 1.82) is 0 Å². The van der Waals surface area contributed by atoms with Crippen LogP contribution in [0.15, 0.2) is 42.6 Å². The van der Waals surface area contributed by atoms with Crippen LogP contribution in [0.3, 0.4) is 0 Å². The molecule has 2 heteroatoms. The number of benzene rings is 1. The molecule has 0 saturated heterocycles. The third-order valence-electron chi connectivity index (χ3n) is 3.08. The molecule has 0 bridgehead atoms. The van der Waals surface area contributed by atoms with Crippen molar-refractivity contribution < 1.29 is 0 Å². The maximum absolute atomic E-state index is 4.44. The molecular weight excluding hydrogens is 196 g/mol. The molecule has 80 valence electrons. The van der Waals surface area contributed by atoms with Gasteiger partial charge >= 0.3 is 0 Å². The molecule has 0 fully saturated rings. The fourth-order valence-electron chi connectivity index (χ4n) is 2.29. The molecule has 2 nitrogen and oxygen atoms in total. The first kappa shape index (κ1) is 9.55. The second-order valence-electron chi connectivity index (χ2n) is 4.09.